The molecule has 0 radical (unpaired) electrons. The van der Waals surface area contributed by atoms with Crippen LogP contribution >= 0.6 is 11.6 Å². The van der Waals surface area contributed by atoms with Crippen LogP contribution in [0.5, 0.6) is 5.75 Å². The molecular formula is C16H10ClNO3. The fourth-order valence-electron chi connectivity index (χ4n) is 2.22. The minimum atomic E-state index is -0.642. The van der Waals surface area contributed by atoms with Gasteiger partial charge in [-0.05, 0) is 24.3 Å². The summed E-state index contributed by atoms with van der Waals surface area (Å²) >= 11 is 5.98. The predicted octanol–water partition coefficient (Wildman–Crippen LogP) is 3.12. The van der Waals surface area contributed by atoms with Crippen molar-refractivity contribution in [3.05, 3.63) is 75.0 Å². The number of carbonyl (C=O) groups excluding carboxylic acids is 1. The van der Waals surface area contributed by atoms with Crippen LogP contribution in [-0.2, 0) is 0 Å². The van der Waals surface area contributed by atoms with E-state index in [9.17, 15) is 14.7 Å². The van der Waals surface area contributed by atoms with E-state index < -0.39 is 11.3 Å². The average molecular weight is 300 g/mol. The molecule has 0 fully saturated rings. The Morgan fingerprint density at radius 2 is 1.71 bits per heavy atom. The lowest BCUT2D eigenvalue weighted by Crippen LogP contribution is -2.19. The molecule has 0 bridgehead atoms. The number of fused-ring (bicyclic) bond motifs is 1. The third-order valence-corrected chi connectivity index (χ3v) is 3.57. The number of aromatic hydroxyl groups is 1. The molecule has 3 aromatic rings. The molecule has 0 aliphatic rings. The zero-order valence-corrected chi connectivity index (χ0v) is 11.5. The summed E-state index contributed by atoms with van der Waals surface area (Å²) in [7, 11) is 0. The Morgan fingerprint density at radius 3 is 2.48 bits per heavy atom. The minimum Gasteiger partial charge on any atom is -0.506 e. The van der Waals surface area contributed by atoms with E-state index in [1.165, 1.54) is 6.07 Å². The summed E-state index contributed by atoms with van der Waals surface area (Å²) in [5, 5.41) is 10.9. The number of carbonyl (C=O) groups is 1. The van der Waals surface area contributed by atoms with Crippen molar-refractivity contribution in [3.63, 3.8) is 0 Å². The normalized spacial score (nSPS) is 10.7. The van der Waals surface area contributed by atoms with Gasteiger partial charge in [-0.3, -0.25) is 9.59 Å². The number of nitrogens with one attached hydrogen (secondary N) is 1. The number of aromatic amines is 1. The van der Waals surface area contributed by atoms with Crippen LogP contribution in [0.4, 0.5) is 0 Å². The summed E-state index contributed by atoms with van der Waals surface area (Å²) in [5.41, 5.74) is -0.302. The molecule has 0 saturated heterocycles. The van der Waals surface area contributed by atoms with Crippen LogP contribution in [0.3, 0.4) is 0 Å². The van der Waals surface area contributed by atoms with Crippen LogP contribution in [0, 0.1) is 0 Å². The lowest BCUT2D eigenvalue weighted by Gasteiger charge is -2.07. The van der Waals surface area contributed by atoms with Gasteiger partial charge in [-0.2, -0.15) is 0 Å². The Kier molecular flexibility index (Phi) is 3.23. The predicted molar refractivity (Wildman–Crippen MR) is 81.1 cm³/mol. The lowest BCUT2D eigenvalue weighted by molar-refractivity contribution is 0.103. The fraction of sp³-hybridized carbons (Fsp3) is 0. The molecule has 21 heavy (non-hydrogen) atoms. The number of pyridine rings is 1. The first-order chi connectivity index (χ1) is 10.1. The summed E-state index contributed by atoms with van der Waals surface area (Å²) in [5.74, 6) is -0.940. The first-order valence-electron chi connectivity index (χ1n) is 6.23. The minimum absolute atomic E-state index is 0.176. The van der Waals surface area contributed by atoms with Gasteiger partial charge in [0.05, 0.1) is 10.5 Å². The Balaban J connectivity index is 2.28. The van der Waals surface area contributed by atoms with Crippen LogP contribution in [0.25, 0.3) is 10.9 Å². The Morgan fingerprint density at radius 1 is 1.05 bits per heavy atom. The molecule has 0 saturated carbocycles. The highest BCUT2D eigenvalue weighted by molar-refractivity contribution is 6.35. The van der Waals surface area contributed by atoms with E-state index >= 15 is 0 Å². The molecule has 5 heteroatoms. The third kappa shape index (κ3) is 2.19. The Hall–Kier alpha value is -2.59. The highest BCUT2D eigenvalue weighted by atomic mass is 35.5. The highest BCUT2D eigenvalue weighted by Crippen LogP contribution is 2.27. The summed E-state index contributed by atoms with van der Waals surface area (Å²) in [6, 6.07) is 13.1. The molecule has 2 aromatic carbocycles. The number of para-hydroxylation sites is 1. The van der Waals surface area contributed by atoms with Crippen molar-refractivity contribution >= 4 is 28.3 Å². The molecule has 3 rings (SSSR count). The van der Waals surface area contributed by atoms with E-state index in [-0.39, 0.29) is 21.9 Å². The topological polar surface area (TPSA) is 70.2 Å². The number of rotatable bonds is 2. The zero-order chi connectivity index (χ0) is 15.0. The average Bonchev–Trinajstić information content (AvgIpc) is 2.47. The fourth-order valence-corrected chi connectivity index (χ4v) is 2.44. The standard InChI is InChI=1S/C16H10ClNO3/c17-11-7-3-1-5-9(11)14(19)13-15(20)10-6-2-4-8-12(10)18-16(13)21/h1-8H,(H2,18,20,21). The van der Waals surface area contributed by atoms with Gasteiger partial charge < -0.3 is 10.1 Å². The lowest BCUT2D eigenvalue weighted by atomic mass is 10.0. The maximum Gasteiger partial charge on any atom is 0.263 e. The molecule has 4 nitrogen and oxygen atoms in total. The van der Waals surface area contributed by atoms with Crippen molar-refractivity contribution in [3.8, 4) is 5.75 Å². The Bertz CT molecular complexity index is 915. The molecule has 0 amide bonds. The summed E-state index contributed by atoms with van der Waals surface area (Å²) in [6.45, 7) is 0. The van der Waals surface area contributed by atoms with Gasteiger partial charge in [0.15, 0.2) is 0 Å². The van der Waals surface area contributed by atoms with Crippen molar-refractivity contribution < 1.29 is 9.90 Å². The molecule has 0 unspecified atom stereocenters. The third-order valence-electron chi connectivity index (χ3n) is 3.24. The summed E-state index contributed by atoms with van der Waals surface area (Å²) in [4.78, 5) is 27.2. The first kappa shape index (κ1) is 13.4. The van der Waals surface area contributed by atoms with Crippen LogP contribution in [0.15, 0.2) is 53.3 Å². The van der Waals surface area contributed by atoms with Crippen molar-refractivity contribution in [2.45, 2.75) is 0 Å². The number of hydrogen-bond acceptors (Lipinski definition) is 3. The van der Waals surface area contributed by atoms with E-state index in [1.807, 2.05) is 0 Å². The van der Waals surface area contributed by atoms with Crippen molar-refractivity contribution in [2.75, 3.05) is 0 Å². The van der Waals surface area contributed by atoms with Gasteiger partial charge in [-0.25, -0.2) is 0 Å². The molecule has 0 atom stereocenters. The van der Waals surface area contributed by atoms with Crippen LogP contribution < -0.4 is 5.56 Å². The highest BCUT2D eigenvalue weighted by Gasteiger charge is 2.21. The van der Waals surface area contributed by atoms with Gasteiger partial charge in [0, 0.05) is 10.9 Å². The zero-order valence-electron chi connectivity index (χ0n) is 10.8. The molecule has 0 aliphatic heterocycles. The largest absolute Gasteiger partial charge is 0.506 e. The molecule has 0 aliphatic carbocycles. The van der Waals surface area contributed by atoms with Crippen molar-refractivity contribution in [1.82, 2.24) is 4.98 Å². The number of halogens is 1. The van der Waals surface area contributed by atoms with Crippen LogP contribution in [-0.4, -0.2) is 15.9 Å². The van der Waals surface area contributed by atoms with Crippen molar-refractivity contribution in [1.29, 1.82) is 0 Å². The number of ketones is 1. The number of hydrogen-bond donors (Lipinski definition) is 2. The van der Waals surface area contributed by atoms with E-state index in [4.69, 9.17) is 11.6 Å². The molecule has 1 aromatic heterocycles. The molecule has 0 spiro atoms. The second-order valence-corrected chi connectivity index (χ2v) is 4.94. The maximum absolute atomic E-state index is 12.5. The first-order valence-corrected chi connectivity index (χ1v) is 6.60. The van der Waals surface area contributed by atoms with E-state index in [0.717, 1.165) is 0 Å². The molecule has 2 N–H and O–H groups in total. The van der Waals surface area contributed by atoms with E-state index in [1.54, 1.807) is 42.5 Å². The van der Waals surface area contributed by atoms with Crippen LogP contribution in [0.2, 0.25) is 5.02 Å². The number of H-pyrrole nitrogens is 1. The maximum atomic E-state index is 12.5. The number of benzene rings is 2. The smallest absolute Gasteiger partial charge is 0.263 e. The van der Waals surface area contributed by atoms with Crippen molar-refractivity contribution in [2.24, 2.45) is 0 Å². The quantitative estimate of drug-likeness (QED) is 0.714. The van der Waals surface area contributed by atoms with Gasteiger partial charge in [0.2, 0.25) is 5.78 Å². The second-order valence-electron chi connectivity index (χ2n) is 4.53. The Labute approximate surface area is 124 Å². The van der Waals surface area contributed by atoms with E-state index in [0.29, 0.717) is 10.9 Å². The van der Waals surface area contributed by atoms with Crippen LogP contribution in [0.1, 0.15) is 15.9 Å². The number of aromatic nitrogens is 1. The van der Waals surface area contributed by atoms with Gasteiger partial charge in [-0.15, -0.1) is 0 Å². The van der Waals surface area contributed by atoms with E-state index in [2.05, 4.69) is 4.98 Å². The monoisotopic (exact) mass is 299 g/mol. The van der Waals surface area contributed by atoms with Gasteiger partial charge >= 0.3 is 0 Å². The SMILES string of the molecule is O=C(c1ccccc1Cl)c1c(O)c2ccccc2[nH]c1=O. The van der Waals surface area contributed by atoms with Gasteiger partial charge in [-0.1, -0.05) is 35.9 Å². The molecule has 104 valence electrons. The van der Waals surface area contributed by atoms with Gasteiger partial charge in [0.1, 0.15) is 11.3 Å². The molecular weight excluding hydrogens is 290 g/mol. The molecule has 1 heterocycles. The van der Waals surface area contributed by atoms with Gasteiger partial charge in [0.25, 0.3) is 5.56 Å². The second kappa shape index (κ2) is 5.07. The summed E-state index contributed by atoms with van der Waals surface area (Å²) < 4.78 is 0. The summed E-state index contributed by atoms with van der Waals surface area (Å²) in [6.07, 6.45) is 0.